The third-order valence-corrected chi connectivity index (χ3v) is 13.2. The molecule has 2 unspecified atom stereocenters. The Kier molecular flexibility index (Phi) is 7.79. The Hall–Kier alpha value is -3.93. The van der Waals surface area contributed by atoms with Crippen LogP contribution in [0.5, 0.6) is 0 Å². The maximum atomic E-state index is 6.79. The van der Waals surface area contributed by atoms with Gasteiger partial charge < -0.3 is 20.3 Å². The molecular formula is C40H49N9OS. The molecule has 0 saturated heterocycles. The van der Waals surface area contributed by atoms with E-state index < -0.39 is 0 Å². The van der Waals surface area contributed by atoms with Crippen molar-refractivity contribution in [1.29, 1.82) is 0 Å². The van der Waals surface area contributed by atoms with E-state index >= 15 is 0 Å². The molecule has 4 saturated carbocycles. The lowest BCUT2D eigenvalue weighted by Crippen LogP contribution is -2.64. The number of thiazole rings is 1. The van der Waals surface area contributed by atoms with Gasteiger partial charge in [0, 0.05) is 53.8 Å². The summed E-state index contributed by atoms with van der Waals surface area (Å²) < 4.78 is 10.2. The number of hydrogen-bond donors (Lipinski definition) is 2. The minimum atomic E-state index is -0.0107. The van der Waals surface area contributed by atoms with Crippen LogP contribution in [0.3, 0.4) is 0 Å². The first-order valence-electron chi connectivity index (χ1n) is 18.6. The number of nitrogens with zero attached hydrogens (tertiary/aromatic N) is 7. The second-order valence-corrected chi connectivity index (χ2v) is 17.9. The fourth-order valence-corrected chi connectivity index (χ4v) is 12.2. The molecule has 0 radical (unpaired) electrons. The standard InChI is InChI=1S/C40H49N9OS/c1-26-29-9-8-15-48(35(29)47-46-34(26)45-36-44-31-10-6-7-11-32(31)51-36)33-13-12-28(17-42-33)30-18-43-49(27(30)2)25-39-20-37(3)19-38(4,21-39)23-40(22-37,24-39)50-16-14-41-5/h6-7,10-13,17-18,41H,8-9,14-16,19-25H2,1-5H3,(H,44,45,46). The second-order valence-electron chi connectivity index (χ2n) is 16.9. The molecule has 10 nitrogen and oxygen atoms in total. The van der Waals surface area contributed by atoms with Crippen LogP contribution in [0.2, 0.25) is 0 Å². The van der Waals surface area contributed by atoms with Gasteiger partial charge in [-0.1, -0.05) is 37.3 Å². The topological polar surface area (TPSA) is 106 Å². The first kappa shape index (κ1) is 32.9. The molecule has 11 heteroatoms. The third kappa shape index (κ3) is 5.81. The predicted octanol–water partition coefficient (Wildman–Crippen LogP) is 8.14. The molecule has 2 atom stereocenters. The molecule has 5 heterocycles. The molecule has 4 fully saturated rings. The number of fused-ring (bicyclic) bond motifs is 2. The predicted molar refractivity (Wildman–Crippen MR) is 204 cm³/mol. The van der Waals surface area contributed by atoms with Crippen LogP contribution < -0.4 is 15.5 Å². The maximum Gasteiger partial charge on any atom is 0.189 e. The molecular weight excluding hydrogens is 655 g/mol. The summed E-state index contributed by atoms with van der Waals surface area (Å²) in [5, 5.41) is 21.9. The van der Waals surface area contributed by atoms with Crippen LogP contribution >= 0.6 is 11.3 Å². The van der Waals surface area contributed by atoms with Crippen molar-refractivity contribution in [1.82, 2.24) is 35.3 Å². The van der Waals surface area contributed by atoms with Crippen molar-refractivity contribution in [2.45, 2.75) is 91.2 Å². The van der Waals surface area contributed by atoms with Crippen LogP contribution in [0.25, 0.3) is 21.3 Å². The van der Waals surface area contributed by atoms with E-state index in [0.29, 0.717) is 10.8 Å². The van der Waals surface area contributed by atoms with E-state index in [0.717, 1.165) is 95.0 Å². The molecule has 4 aliphatic carbocycles. The lowest BCUT2D eigenvalue weighted by Gasteiger charge is -2.69. The number of rotatable bonds is 10. The summed E-state index contributed by atoms with van der Waals surface area (Å²) in [6, 6.07) is 12.5. The van der Waals surface area contributed by atoms with Gasteiger partial charge in [0.15, 0.2) is 16.8 Å². The average Bonchev–Trinajstić information content (AvgIpc) is 3.66. The summed E-state index contributed by atoms with van der Waals surface area (Å²) in [4.78, 5) is 11.9. The highest BCUT2D eigenvalue weighted by Gasteiger charge is 2.66. The molecule has 0 spiro atoms. The third-order valence-electron chi connectivity index (χ3n) is 12.2. The van der Waals surface area contributed by atoms with Gasteiger partial charge in [0.1, 0.15) is 5.82 Å². The number of nitrogens with one attached hydrogen (secondary N) is 2. The first-order chi connectivity index (χ1) is 24.6. The molecule has 4 bridgehead atoms. The number of ether oxygens (including phenoxy) is 1. The Bertz CT molecular complexity index is 2050. The molecule has 4 aromatic heterocycles. The van der Waals surface area contributed by atoms with Crippen LogP contribution in [-0.2, 0) is 17.7 Å². The molecule has 51 heavy (non-hydrogen) atoms. The Morgan fingerprint density at radius 1 is 0.941 bits per heavy atom. The Morgan fingerprint density at radius 2 is 1.76 bits per heavy atom. The van der Waals surface area contributed by atoms with Gasteiger partial charge in [-0.3, -0.25) is 4.68 Å². The van der Waals surface area contributed by atoms with Gasteiger partial charge in [0.25, 0.3) is 0 Å². The summed E-state index contributed by atoms with van der Waals surface area (Å²) in [5.41, 5.74) is 7.62. The molecule has 266 valence electrons. The fraction of sp³-hybridized carbons (Fsp3) is 0.525. The second kappa shape index (κ2) is 12.1. The van der Waals surface area contributed by atoms with Crippen molar-refractivity contribution in [3.05, 3.63) is 65.6 Å². The van der Waals surface area contributed by atoms with Crippen LogP contribution in [0, 0.1) is 30.1 Å². The van der Waals surface area contributed by atoms with E-state index in [2.05, 4.69) is 71.2 Å². The molecule has 5 aliphatic rings. The van der Waals surface area contributed by atoms with Gasteiger partial charge in [0.05, 0.1) is 28.6 Å². The minimum Gasteiger partial charge on any atom is -0.374 e. The largest absolute Gasteiger partial charge is 0.374 e. The zero-order valence-electron chi connectivity index (χ0n) is 30.6. The number of hydrogen-bond acceptors (Lipinski definition) is 10. The van der Waals surface area contributed by atoms with Gasteiger partial charge in [-0.2, -0.15) is 5.10 Å². The van der Waals surface area contributed by atoms with Crippen LogP contribution in [0.1, 0.15) is 75.6 Å². The molecule has 1 aliphatic heterocycles. The number of likely N-dealkylation sites (N-methyl/N-ethyl adjacent to an activating group) is 1. The molecule has 2 N–H and O–H groups in total. The van der Waals surface area contributed by atoms with E-state index in [-0.39, 0.29) is 11.0 Å². The molecule has 1 aromatic carbocycles. The number of pyridine rings is 1. The summed E-state index contributed by atoms with van der Waals surface area (Å²) in [6.07, 6.45) is 13.4. The van der Waals surface area contributed by atoms with Crippen molar-refractivity contribution >= 4 is 44.1 Å². The minimum absolute atomic E-state index is 0.0107. The van der Waals surface area contributed by atoms with Crippen LogP contribution in [0.4, 0.5) is 22.6 Å². The van der Waals surface area contributed by atoms with E-state index in [1.54, 1.807) is 11.3 Å². The van der Waals surface area contributed by atoms with Crippen LogP contribution in [-0.4, -0.2) is 62.3 Å². The van der Waals surface area contributed by atoms with Crippen molar-refractivity contribution in [3.63, 3.8) is 0 Å². The number of benzene rings is 1. The highest BCUT2D eigenvalue weighted by Crippen LogP contribution is 2.72. The Balaban J connectivity index is 0.936. The number of anilines is 4. The van der Waals surface area contributed by atoms with Gasteiger partial charge in [-0.25, -0.2) is 9.97 Å². The highest BCUT2D eigenvalue weighted by atomic mass is 32.1. The average molecular weight is 704 g/mol. The van der Waals surface area contributed by atoms with Crippen molar-refractivity contribution in [3.8, 4) is 11.1 Å². The molecule has 0 amide bonds. The first-order valence-corrected chi connectivity index (χ1v) is 19.4. The van der Waals surface area contributed by atoms with E-state index in [1.165, 1.54) is 43.4 Å². The number of aromatic nitrogens is 6. The smallest absolute Gasteiger partial charge is 0.189 e. The van der Waals surface area contributed by atoms with Crippen molar-refractivity contribution in [2.75, 3.05) is 37.0 Å². The molecule has 5 aromatic rings. The zero-order valence-corrected chi connectivity index (χ0v) is 31.4. The summed E-state index contributed by atoms with van der Waals surface area (Å²) in [5.74, 6) is 2.55. The Labute approximate surface area is 304 Å². The number of para-hydroxylation sites is 1. The quantitative estimate of drug-likeness (QED) is 0.140. The Morgan fingerprint density at radius 3 is 2.53 bits per heavy atom. The lowest BCUT2D eigenvalue weighted by molar-refractivity contribution is -0.247. The van der Waals surface area contributed by atoms with E-state index in [4.69, 9.17) is 24.9 Å². The van der Waals surface area contributed by atoms with Gasteiger partial charge in [-0.15, -0.1) is 10.2 Å². The normalized spacial score (nSPS) is 28.1. The van der Waals surface area contributed by atoms with E-state index in [9.17, 15) is 0 Å². The van der Waals surface area contributed by atoms with Crippen LogP contribution in [0.15, 0.2) is 48.8 Å². The van der Waals surface area contributed by atoms with Crippen molar-refractivity contribution < 1.29 is 4.74 Å². The lowest BCUT2D eigenvalue weighted by atomic mass is 9.39. The summed E-state index contributed by atoms with van der Waals surface area (Å²) in [6.45, 7) is 12.9. The van der Waals surface area contributed by atoms with E-state index in [1.807, 2.05) is 37.6 Å². The molecule has 10 rings (SSSR count). The highest BCUT2D eigenvalue weighted by molar-refractivity contribution is 7.22. The van der Waals surface area contributed by atoms with Gasteiger partial charge in [-0.05, 0) is 113 Å². The van der Waals surface area contributed by atoms with Gasteiger partial charge >= 0.3 is 0 Å². The maximum absolute atomic E-state index is 6.79. The van der Waals surface area contributed by atoms with Crippen molar-refractivity contribution in [2.24, 2.45) is 16.2 Å². The SMILES string of the molecule is CNCCOC12CC3(C)CC(C)(CC(Cn4ncc(-c5ccc(N6CCCc7c6nnc(Nc6nc8ccccc8s6)c7C)nc5)c4C)(C3)C1)C2. The zero-order chi connectivity index (χ0) is 35.0. The monoisotopic (exact) mass is 703 g/mol. The summed E-state index contributed by atoms with van der Waals surface area (Å²) in [7, 11) is 2.01. The fourth-order valence-electron chi connectivity index (χ4n) is 11.4. The summed E-state index contributed by atoms with van der Waals surface area (Å²) >= 11 is 1.63. The van der Waals surface area contributed by atoms with Gasteiger partial charge in [0.2, 0.25) is 0 Å².